The van der Waals surface area contributed by atoms with E-state index in [1.54, 1.807) is 17.8 Å². The molecule has 1 aromatic heterocycles. The number of nitrogens with zero attached hydrogens (tertiary/aromatic N) is 2. The second kappa shape index (κ2) is 8.93. The predicted molar refractivity (Wildman–Crippen MR) is 116 cm³/mol. The van der Waals surface area contributed by atoms with Gasteiger partial charge in [0.1, 0.15) is 12.6 Å². The van der Waals surface area contributed by atoms with Crippen molar-refractivity contribution in [2.45, 2.75) is 18.4 Å². The molecule has 0 saturated heterocycles. The Kier molecular flexibility index (Phi) is 5.89. The maximum absolute atomic E-state index is 12.5. The van der Waals surface area contributed by atoms with Crippen LogP contribution >= 0.6 is 0 Å². The topological polar surface area (TPSA) is 123 Å². The normalized spacial score (nSPS) is 13.0. The van der Waals surface area contributed by atoms with Gasteiger partial charge in [0, 0.05) is 25.4 Å². The number of carboxylic acids is 1. The highest BCUT2D eigenvalue weighted by Crippen LogP contribution is 2.44. The highest BCUT2D eigenvalue weighted by Gasteiger charge is 2.30. The van der Waals surface area contributed by atoms with Gasteiger partial charge in [-0.15, -0.1) is 0 Å². The minimum atomic E-state index is -1.32. The standard InChI is InChI=1S/C23H22N4O5/c1-27-11-10-24-22(27)26-21(30)19(12-20(28)29)25-23(31)32-13-18-16-8-4-2-6-14(16)15-7-3-5-9-17(15)18/h2-11,18-19H,12-13H2,1H3,(H,25,31)(H,28,29)(H,24,26,30). The zero-order chi connectivity index (χ0) is 22.7. The average Bonchev–Trinajstić information content (AvgIpc) is 3.32. The number of anilines is 1. The van der Waals surface area contributed by atoms with Gasteiger partial charge in [-0.25, -0.2) is 9.78 Å². The second-order valence-corrected chi connectivity index (χ2v) is 7.47. The van der Waals surface area contributed by atoms with Gasteiger partial charge in [-0.3, -0.25) is 14.9 Å². The number of aryl methyl sites for hydroxylation is 1. The molecule has 1 heterocycles. The molecule has 1 unspecified atom stereocenters. The van der Waals surface area contributed by atoms with Crippen molar-refractivity contribution in [3.8, 4) is 11.1 Å². The van der Waals surface area contributed by atoms with E-state index in [1.807, 2.05) is 48.5 Å². The molecule has 0 fully saturated rings. The van der Waals surface area contributed by atoms with Crippen LogP contribution in [-0.4, -0.2) is 45.3 Å². The van der Waals surface area contributed by atoms with Crippen molar-refractivity contribution in [3.05, 3.63) is 72.1 Å². The Hall–Kier alpha value is -4.14. The largest absolute Gasteiger partial charge is 0.481 e. The van der Waals surface area contributed by atoms with Crippen LogP contribution in [0.4, 0.5) is 10.7 Å². The summed E-state index contributed by atoms with van der Waals surface area (Å²) in [7, 11) is 1.67. The number of hydrogen-bond acceptors (Lipinski definition) is 5. The molecule has 0 spiro atoms. The Morgan fingerprint density at radius 1 is 1.09 bits per heavy atom. The number of carbonyl (C=O) groups is 3. The molecule has 9 nitrogen and oxygen atoms in total. The van der Waals surface area contributed by atoms with Gasteiger partial charge in [-0.1, -0.05) is 48.5 Å². The number of aromatic nitrogens is 2. The summed E-state index contributed by atoms with van der Waals surface area (Å²) in [5.74, 6) is -1.84. The minimum Gasteiger partial charge on any atom is -0.481 e. The molecule has 3 N–H and O–H groups in total. The number of aliphatic carboxylic acids is 1. The summed E-state index contributed by atoms with van der Waals surface area (Å²) >= 11 is 0. The van der Waals surface area contributed by atoms with E-state index in [1.165, 1.54) is 6.20 Å². The quantitative estimate of drug-likeness (QED) is 0.526. The number of benzene rings is 2. The molecule has 1 atom stereocenters. The first kappa shape index (κ1) is 21.1. The molecule has 4 rings (SSSR count). The number of amides is 2. The summed E-state index contributed by atoms with van der Waals surface area (Å²) in [5.41, 5.74) is 4.29. The number of carbonyl (C=O) groups excluding carboxylic acids is 2. The van der Waals surface area contributed by atoms with E-state index in [2.05, 4.69) is 15.6 Å². The summed E-state index contributed by atoms with van der Waals surface area (Å²) in [6.45, 7) is 0.0562. The van der Waals surface area contributed by atoms with E-state index >= 15 is 0 Å². The van der Waals surface area contributed by atoms with Gasteiger partial charge in [-0.2, -0.15) is 0 Å². The zero-order valence-corrected chi connectivity index (χ0v) is 17.3. The lowest BCUT2D eigenvalue weighted by molar-refractivity contribution is -0.139. The lowest BCUT2D eigenvalue weighted by Crippen LogP contribution is -2.45. The molecule has 164 valence electrons. The summed E-state index contributed by atoms with van der Waals surface area (Å²) in [4.78, 5) is 40.2. The third kappa shape index (κ3) is 4.31. The Morgan fingerprint density at radius 3 is 2.28 bits per heavy atom. The van der Waals surface area contributed by atoms with Gasteiger partial charge >= 0.3 is 12.1 Å². The third-order valence-electron chi connectivity index (χ3n) is 5.39. The van der Waals surface area contributed by atoms with Crippen LogP contribution in [0.1, 0.15) is 23.5 Å². The Bertz CT molecular complexity index is 1130. The molecule has 9 heteroatoms. The van der Waals surface area contributed by atoms with Crippen molar-refractivity contribution >= 4 is 23.9 Å². The molecule has 0 bridgehead atoms. The van der Waals surface area contributed by atoms with Gasteiger partial charge in [-0.05, 0) is 22.3 Å². The molecule has 0 saturated carbocycles. The number of imidazole rings is 1. The molecule has 3 aromatic rings. The predicted octanol–water partition coefficient (Wildman–Crippen LogP) is 2.74. The molecular formula is C23H22N4O5. The summed E-state index contributed by atoms with van der Waals surface area (Å²) < 4.78 is 6.98. The Labute approximate surface area is 184 Å². The Morgan fingerprint density at radius 2 is 1.72 bits per heavy atom. The van der Waals surface area contributed by atoms with Gasteiger partial charge in [0.05, 0.1) is 6.42 Å². The maximum atomic E-state index is 12.5. The average molecular weight is 434 g/mol. The molecule has 1 aliphatic carbocycles. The lowest BCUT2D eigenvalue weighted by atomic mass is 9.98. The first-order valence-corrected chi connectivity index (χ1v) is 10.1. The number of hydrogen-bond donors (Lipinski definition) is 3. The smallest absolute Gasteiger partial charge is 0.407 e. The van der Waals surface area contributed by atoms with Crippen molar-refractivity contribution in [1.82, 2.24) is 14.9 Å². The van der Waals surface area contributed by atoms with E-state index in [-0.39, 0.29) is 18.5 Å². The van der Waals surface area contributed by atoms with Crippen LogP contribution in [0, 0.1) is 0 Å². The van der Waals surface area contributed by atoms with Gasteiger partial charge in [0.2, 0.25) is 11.9 Å². The monoisotopic (exact) mass is 434 g/mol. The van der Waals surface area contributed by atoms with E-state index < -0.39 is 30.4 Å². The molecular weight excluding hydrogens is 412 g/mol. The number of carboxylic acid groups (broad SMARTS) is 1. The maximum Gasteiger partial charge on any atom is 0.407 e. The van der Waals surface area contributed by atoms with Crippen LogP contribution in [0.3, 0.4) is 0 Å². The highest BCUT2D eigenvalue weighted by molar-refractivity contribution is 5.97. The number of fused-ring (bicyclic) bond motifs is 3. The fraction of sp³-hybridized carbons (Fsp3) is 0.217. The van der Waals surface area contributed by atoms with Gasteiger partial charge < -0.3 is 19.7 Å². The number of alkyl carbamates (subject to hydrolysis) is 1. The fourth-order valence-corrected chi connectivity index (χ4v) is 3.85. The third-order valence-corrected chi connectivity index (χ3v) is 5.39. The highest BCUT2D eigenvalue weighted by atomic mass is 16.5. The van der Waals surface area contributed by atoms with E-state index in [9.17, 15) is 14.4 Å². The molecule has 2 amide bonds. The number of nitrogens with one attached hydrogen (secondary N) is 2. The molecule has 0 radical (unpaired) electrons. The van der Waals surface area contributed by atoms with Crippen LogP contribution < -0.4 is 10.6 Å². The van der Waals surface area contributed by atoms with Crippen molar-refractivity contribution in [3.63, 3.8) is 0 Å². The van der Waals surface area contributed by atoms with Crippen molar-refractivity contribution in [2.75, 3.05) is 11.9 Å². The molecule has 32 heavy (non-hydrogen) atoms. The SMILES string of the molecule is Cn1ccnc1NC(=O)C(CC(=O)O)NC(=O)OCC1c2ccccc2-c2ccccc21. The van der Waals surface area contributed by atoms with Crippen LogP contribution in [-0.2, 0) is 21.4 Å². The molecule has 1 aliphatic rings. The van der Waals surface area contributed by atoms with Crippen LogP contribution in [0.15, 0.2) is 60.9 Å². The summed E-state index contributed by atoms with van der Waals surface area (Å²) in [6.07, 6.45) is 1.65. The number of rotatable bonds is 7. The summed E-state index contributed by atoms with van der Waals surface area (Å²) in [6, 6.07) is 14.5. The molecule has 0 aliphatic heterocycles. The van der Waals surface area contributed by atoms with Crippen LogP contribution in [0.25, 0.3) is 11.1 Å². The second-order valence-electron chi connectivity index (χ2n) is 7.47. The first-order valence-electron chi connectivity index (χ1n) is 10.1. The van der Waals surface area contributed by atoms with E-state index in [0.717, 1.165) is 22.3 Å². The van der Waals surface area contributed by atoms with Gasteiger partial charge in [0.15, 0.2) is 0 Å². The van der Waals surface area contributed by atoms with Crippen molar-refractivity contribution < 1.29 is 24.2 Å². The van der Waals surface area contributed by atoms with Crippen LogP contribution in [0.5, 0.6) is 0 Å². The van der Waals surface area contributed by atoms with Gasteiger partial charge in [0.25, 0.3) is 0 Å². The fourth-order valence-electron chi connectivity index (χ4n) is 3.85. The van der Waals surface area contributed by atoms with E-state index in [0.29, 0.717) is 0 Å². The summed E-state index contributed by atoms with van der Waals surface area (Å²) in [5, 5.41) is 14.0. The minimum absolute atomic E-state index is 0.0562. The van der Waals surface area contributed by atoms with E-state index in [4.69, 9.17) is 9.84 Å². The number of ether oxygens (including phenoxy) is 1. The first-order chi connectivity index (χ1) is 15.4. The van der Waals surface area contributed by atoms with Crippen molar-refractivity contribution in [1.29, 1.82) is 0 Å². The molecule has 2 aromatic carbocycles. The Balaban J connectivity index is 1.43. The van der Waals surface area contributed by atoms with Crippen LogP contribution in [0.2, 0.25) is 0 Å². The zero-order valence-electron chi connectivity index (χ0n) is 17.3. The van der Waals surface area contributed by atoms with Crippen molar-refractivity contribution in [2.24, 2.45) is 7.05 Å². The lowest BCUT2D eigenvalue weighted by Gasteiger charge is -2.18.